The molecule has 1 heterocycles. The standard InChI is InChI=1S/C20H22ClN3O3/c1-14-11-17(24-7-9-27-10-8-24)5-6-18(14)23-19(25)13-22-20(26)15-3-2-4-16(21)12-15/h2-6,11-12H,7-10,13H2,1H3,(H,22,26)(H,23,25). The molecule has 0 aromatic heterocycles. The average Bonchev–Trinajstić information content (AvgIpc) is 2.68. The SMILES string of the molecule is Cc1cc(N2CCOCC2)ccc1NC(=O)CNC(=O)c1cccc(Cl)c1. The molecule has 0 bridgehead atoms. The van der Waals surface area contributed by atoms with Gasteiger partial charge >= 0.3 is 0 Å². The van der Waals surface area contributed by atoms with E-state index in [1.54, 1.807) is 24.3 Å². The van der Waals surface area contributed by atoms with Crippen molar-refractivity contribution < 1.29 is 14.3 Å². The third kappa shape index (κ3) is 5.21. The number of benzene rings is 2. The molecular formula is C20H22ClN3O3. The van der Waals surface area contributed by atoms with Crippen molar-refractivity contribution in [2.24, 2.45) is 0 Å². The second kappa shape index (κ2) is 8.88. The molecule has 1 fully saturated rings. The van der Waals surface area contributed by atoms with E-state index >= 15 is 0 Å². The molecule has 1 aliphatic rings. The number of anilines is 2. The zero-order valence-corrected chi connectivity index (χ0v) is 15.9. The van der Waals surface area contributed by atoms with Crippen LogP contribution in [-0.2, 0) is 9.53 Å². The van der Waals surface area contributed by atoms with Crippen molar-refractivity contribution in [3.05, 3.63) is 58.6 Å². The lowest BCUT2D eigenvalue weighted by molar-refractivity contribution is -0.115. The second-order valence-electron chi connectivity index (χ2n) is 6.34. The van der Waals surface area contributed by atoms with Gasteiger partial charge in [-0.3, -0.25) is 9.59 Å². The minimum absolute atomic E-state index is 0.115. The van der Waals surface area contributed by atoms with E-state index in [-0.39, 0.29) is 18.4 Å². The highest BCUT2D eigenvalue weighted by Gasteiger charge is 2.13. The Kier molecular flexibility index (Phi) is 6.32. The van der Waals surface area contributed by atoms with E-state index in [1.165, 1.54) is 0 Å². The van der Waals surface area contributed by atoms with Crippen molar-refractivity contribution >= 4 is 34.8 Å². The average molecular weight is 388 g/mol. The van der Waals surface area contributed by atoms with Gasteiger partial charge in [-0.05, 0) is 48.9 Å². The smallest absolute Gasteiger partial charge is 0.251 e. The summed E-state index contributed by atoms with van der Waals surface area (Å²) in [6.07, 6.45) is 0. The number of amides is 2. The number of ether oxygens (including phenoxy) is 1. The first kappa shape index (κ1) is 19.2. The summed E-state index contributed by atoms with van der Waals surface area (Å²) < 4.78 is 5.37. The molecule has 3 rings (SSSR count). The van der Waals surface area contributed by atoms with Gasteiger partial charge in [-0.15, -0.1) is 0 Å². The number of rotatable bonds is 5. The van der Waals surface area contributed by atoms with Crippen molar-refractivity contribution in [1.82, 2.24) is 5.32 Å². The minimum Gasteiger partial charge on any atom is -0.378 e. The molecule has 27 heavy (non-hydrogen) atoms. The lowest BCUT2D eigenvalue weighted by atomic mass is 10.1. The summed E-state index contributed by atoms with van der Waals surface area (Å²) in [5, 5.41) is 5.91. The molecule has 2 N–H and O–H groups in total. The monoisotopic (exact) mass is 387 g/mol. The largest absolute Gasteiger partial charge is 0.378 e. The molecular weight excluding hydrogens is 366 g/mol. The molecule has 0 radical (unpaired) electrons. The Morgan fingerprint density at radius 3 is 2.63 bits per heavy atom. The number of morpholine rings is 1. The quantitative estimate of drug-likeness (QED) is 0.827. The first-order valence-corrected chi connectivity index (χ1v) is 9.18. The van der Waals surface area contributed by atoms with E-state index in [9.17, 15) is 9.59 Å². The number of hydrogen-bond donors (Lipinski definition) is 2. The fraction of sp³-hybridized carbons (Fsp3) is 0.300. The van der Waals surface area contributed by atoms with Crippen molar-refractivity contribution in [1.29, 1.82) is 0 Å². The Morgan fingerprint density at radius 1 is 1.15 bits per heavy atom. The molecule has 6 nitrogen and oxygen atoms in total. The summed E-state index contributed by atoms with van der Waals surface area (Å²) in [5.74, 6) is -0.625. The van der Waals surface area contributed by atoms with Crippen LogP contribution in [0.1, 0.15) is 15.9 Å². The molecule has 7 heteroatoms. The maximum absolute atomic E-state index is 12.2. The van der Waals surface area contributed by atoms with Crippen LogP contribution in [0.15, 0.2) is 42.5 Å². The van der Waals surface area contributed by atoms with Gasteiger partial charge in [-0.1, -0.05) is 17.7 Å². The molecule has 0 spiro atoms. The number of nitrogens with zero attached hydrogens (tertiary/aromatic N) is 1. The minimum atomic E-state index is -0.341. The van der Waals surface area contributed by atoms with Crippen LogP contribution >= 0.6 is 11.6 Å². The van der Waals surface area contributed by atoms with Crippen LogP contribution < -0.4 is 15.5 Å². The van der Waals surface area contributed by atoms with E-state index in [1.807, 2.05) is 25.1 Å². The van der Waals surface area contributed by atoms with Crippen molar-refractivity contribution in [2.75, 3.05) is 43.1 Å². The van der Waals surface area contributed by atoms with E-state index in [0.717, 1.165) is 43.2 Å². The molecule has 2 amide bonds. The van der Waals surface area contributed by atoms with E-state index in [0.29, 0.717) is 10.6 Å². The highest BCUT2D eigenvalue weighted by molar-refractivity contribution is 6.31. The van der Waals surface area contributed by atoms with Crippen LogP contribution in [0.5, 0.6) is 0 Å². The van der Waals surface area contributed by atoms with Gasteiger partial charge in [0.2, 0.25) is 5.91 Å². The molecule has 0 aliphatic carbocycles. The molecule has 0 saturated carbocycles. The fourth-order valence-corrected chi connectivity index (χ4v) is 3.08. The van der Waals surface area contributed by atoms with Crippen LogP contribution in [0.2, 0.25) is 5.02 Å². The normalized spacial score (nSPS) is 13.9. The van der Waals surface area contributed by atoms with Gasteiger partial charge in [0.15, 0.2) is 0 Å². The summed E-state index contributed by atoms with van der Waals surface area (Å²) in [7, 11) is 0. The van der Waals surface area contributed by atoms with Crippen molar-refractivity contribution in [2.45, 2.75) is 6.92 Å². The van der Waals surface area contributed by atoms with Gasteiger partial charge in [0.05, 0.1) is 19.8 Å². The first-order chi connectivity index (χ1) is 13.0. The molecule has 2 aromatic rings. The van der Waals surface area contributed by atoms with Crippen molar-refractivity contribution in [3.63, 3.8) is 0 Å². The lowest BCUT2D eigenvalue weighted by Gasteiger charge is -2.29. The molecule has 1 aliphatic heterocycles. The van der Waals surface area contributed by atoms with Gasteiger partial charge in [-0.25, -0.2) is 0 Å². The molecule has 0 unspecified atom stereocenters. The third-order valence-electron chi connectivity index (χ3n) is 4.36. The fourth-order valence-electron chi connectivity index (χ4n) is 2.89. The molecule has 142 valence electrons. The number of aryl methyl sites for hydroxylation is 1. The molecule has 0 atom stereocenters. The van der Waals surface area contributed by atoms with Gasteiger partial charge < -0.3 is 20.3 Å². The molecule has 1 saturated heterocycles. The van der Waals surface area contributed by atoms with Crippen molar-refractivity contribution in [3.8, 4) is 0 Å². The van der Waals surface area contributed by atoms with Crippen LogP contribution in [0, 0.1) is 6.92 Å². The number of carbonyl (C=O) groups excluding carboxylic acids is 2. The van der Waals surface area contributed by atoms with Gasteiger partial charge in [-0.2, -0.15) is 0 Å². The first-order valence-electron chi connectivity index (χ1n) is 8.80. The zero-order valence-electron chi connectivity index (χ0n) is 15.1. The number of nitrogens with one attached hydrogen (secondary N) is 2. The maximum Gasteiger partial charge on any atom is 0.251 e. The predicted molar refractivity (Wildman–Crippen MR) is 107 cm³/mol. The summed E-state index contributed by atoms with van der Waals surface area (Å²) in [5.41, 5.74) is 3.23. The summed E-state index contributed by atoms with van der Waals surface area (Å²) >= 11 is 5.88. The second-order valence-corrected chi connectivity index (χ2v) is 6.78. The highest BCUT2D eigenvalue weighted by atomic mass is 35.5. The Bertz CT molecular complexity index is 835. The van der Waals surface area contributed by atoms with Crippen LogP contribution in [0.25, 0.3) is 0 Å². The maximum atomic E-state index is 12.2. The Morgan fingerprint density at radius 2 is 1.93 bits per heavy atom. The summed E-state index contributed by atoms with van der Waals surface area (Å²) in [4.78, 5) is 26.5. The van der Waals surface area contributed by atoms with Gasteiger partial charge in [0.25, 0.3) is 5.91 Å². The summed E-state index contributed by atoms with van der Waals surface area (Å²) in [6.45, 7) is 5.01. The topological polar surface area (TPSA) is 70.7 Å². The Labute approximate surface area is 163 Å². The number of carbonyl (C=O) groups is 2. The predicted octanol–water partition coefficient (Wildman–Crippen LogP) is 2.85. The van der Waals surface area contributed by atoms with Gasteiger partial charge in [0, 0.05) is 35.1 Å². The Balaban J connectivity index is 1.55. The van der Waals surface area contributed by atoms with Crippen LogP contribution in [0.4, 0.5) is 11.4 Å². The zero-order chi connectivity index (χ0) is 19.2. The van der Waals surface area contributed by atoms with Crippen LogP contribution in [0.3, 0.4) is 0 Å². The Hall–Kier alpha value is -2.57. The van der Waals surface area contributed by atoms with E-state index in [4.69, 9.17) is 16.3 Å². The van der Waals surface area contributed by atoms with Gasteiger partial charge in [0.1, 0.15) is 0 Å². The third-order valence-corrected chi connectivity index (χ3v) is 4.59. The lowest BCUT2D eigenvalue weighted by Crippen LogP contribution is -2.36. The van der Waals surface area contributed by atoms with Crippen LogP contribution in [-0.4, -0.2) is 44.7 Å². The van der Waals surface area contributed by atoms with E-state index in [2.05, 4.69) is 15.5 Å². The highest BCUT2D eigenvalue weighted by Crippen LogP contribution is 2.23. The van der Waals surface area contributed by atoms with E-state index < -0.39 is 0 Å². The summed E-state index contributed by atoms with van der Waals surface area (Å²) in [6, 6.07) is 12.5. The number of halogens is 1. The molecule has 2 aromatic carbocycles. The number of hydrogen-bond acceptors (Lipinski definition) is 4.